The molecule has 18 heavy (non-hydrogen) atoms. The molecule has 0 fully saturated rings. The minimum absolute atomic E-state index is 0.197. The van der Waals surface area contributed by atoms with Gasteiger partial charge in [-0.25, -0.2) is 4.39 Å². The highest BCUT2D eigenvalue weighted by Crippen LogP contribution is 2.27. The van der Waals surface area contributed by atoms with Crippen molar-refractivity contribution in [3.05, 3.63) is 70.5 Å². The molecule has 0 bridgehead atoms. The summed E-state index contributed by atoms with van der Waals surface area (Å²) >= 11 is 9.65. The van der Waals surface area contributed by atoms with Crippen LogP contribution in [0.15, 0.2) is 48.5 Å². The second kappa shape index (κ2) is 6.35. The van der Waals surface area contributed by atoms with Crippen LogP contribution in [0.2, 0.25) is 5.02 Å². The molecule has 0 saturated heterocycles. The molecule has 3 heteroatoms. The summed E-state index contributed by atoms with van der Waals surface area (Å²) in [6, 6.07) is 14.5. The van der Waals surface area contributed by atoms with Crippen molar-refractivity contribution in [3.8, 4) is 0 Å². The molecule has 0 amide bonds. The lowest BCUT2D eigenvalue weighted by Crippen LogP contribution is -2.05. The summed E-state index contributed by atoms with van der Waals surface area (Å²) in [4.78, 5) is 0. The van der Waals surface area contributed by atoms with Crippen molar-refractivity contribution in [1.29, 1.82) is 0 Å². The molecule has 0 aliphatic carbocycles. The van der Waals surface area contributed by atoms with Gasteiger partial charge in [-0.3, -0.25) is 0 Å². The summed E-state index contributed by atoms with van der Waals surface area (Å²) in [7, 11) is 0. The van der Waals surface area contributed by atoms with Gasteiger partial charge in [0.05, 0.1) is 0 Å². The van der Waals surface area contributed by atoms with Gasteiger partial charge < -0.3 is 0 Å². The minimum atomic E-state index is -0.197. The summed E-state index contributed by atoms with van der Waals surface area (Å²) in [5.74, 6) is 0.0261. The highest BCUT2D eigenvalue weighted by molar-refractivity contribution is 9.09. The SMILES string of the molecule is Fc1cccc(C(CBr)Cc2ccccc2Cl)c1. The van der Waals surface area contributed by atoms with Crippen LogP contribution in [0.1, 0.15) is 17.0 Å². The zero-order valence-corrected chi connectivity index (χ0v) is 12.1. The first-order chi connectivity index (χ1) is 8.70. The van der Waals surface area contributed by atoms with Crippen molar-refractivity contribution in [2.24, 2.45) is 0 Å². The largest absolute Gasteiger partial charge is 0.207 e. The normalized spacial score (nSPS) is 12.4. The van der Waals surface area contributed by atoms with E-state index in [1.54, 1.807) is 12.1 Å². The van der Waals surface area contributed by atoms with Crippen LogP contribution in [-0.2, 0) is 6.42 Å². The Morgan fingerprint density at radius 1 is 1.11 bits per heavy atom. The molecule has 0 N–H and O–H groups in total. The quantitative estimate of drug-likeness (QED) is 0.677. The lowest BCUT2D eigenvalue weighted by atomic mass is 9.93. The Bertz CT molecular complexity index is 527. The lowest BCUT2D eigenvalue weighted by Gasteiger charge is -2.15. The van der Waals surface area contributed by atoms with Crippen molar-refractivity contribution in [3.63, 3.8) is 0 Å². The summed E-state index contributed by atoms with van der Waals surface area (Å²) < 4.78 is 13.2. The molecule has 1 unspecified atom stereocenters. The number of hydrogen-bond acceptors (Lipinski definition) is 0. The fourth-order valence-electron chi connectivity index (χ4n) is 1.95. The van der Waals surface area contributed by atoms with Gasteiger partial charge in [0, 0.05) is 10.4 Å². The van der Waals surface area contributed by atoms with E-state index < -0.39 is 0 Å². The Balaban J connectivity index is 2.23. The van der Waals surface area contributed by atoms with Gasteiger partial charge in [-0.1, -0.05) is 57.9 Å². The lowest BCUT2D eigenvalue weighted by molar-refractivity contribution is 0.621. The molecule has 0 nitrogen and oxygen atoms in total. The van der Waals surface area contributed by atoms with E-state index in [0.29, 0.717) is 0 Å². The third kappa shape index (κ3) is 3.33. The van der Waals surface area contributed by atoms with Crippen LogP contribution in [0.25, 0.3) is 0 Å². The van der Waals surface area contributed by atoms with E-state index in [1.165, 1.54) is 6.07 Å². The van der Waals surface area contributed by atoms with Gasteiger partial charge in [0.15, 0.2) is 0 Å². The van der Waals surface area contributed by atoms with Crippen LogP contribution in [0.5, 0.6) is 0 Å². The van der Waals surface area contributed by atoms with Crippen molar-refractivity contribution in [2.75, 3.05) is 5.33 Å². The first-order valence-corrected chi connectivity index (χ1v) is 7.25. The average molecular weight is 328 g/mol. The van der Waals surface area contributed by atoms with Gasteiger partial charge in [0.1, 0.15) is 5.82 Å². The van der Waals surface area contributed by atoms with Crippen LogP contribution in [0, 0.1) is 5.82 Å². The molecule has 0 radical (unpaired) electrons. The topological polar surface area (TPSA) is 0 Å². The van der Waals surface area contributed by atoms with Gasteiger partial charge in [-0.15, -0.1) is 0 Å². The molecule has 1 atom stereocenters. The zero-order chi connectivity index (χ0) is 13.0. The number of rotatable bonds is 4. The van der Waals surface area contributed by atoms with E-state index in [1.807, 2.05) is 30.3 Å². The van der Waals surface area contributed by atoms with E-state index in [4.69, 9.17) is 11.6 Å². The second-order valence-electron chi connectivity index (χ2n) is 4.20. The predicted molar refractivity (Wildman–Crippen MR) is 78.1 cm³/mol. The minimum Gasteiger partial charge on any atom is -0.207 e. The summed E-state index contributed by atoms with van der Waals surface area (Å²) in [5.41, 5.74) is 2.08. The standard InChI is InChI=1S/C15H13BrClF/c16-10-13(11-5-3-6-14(18)9-11)8-12-4-1-2-7-15(12)17/h1-7,9,13H,8,10H2. The Hall–Kier alpha value is -0.860. The Labute approximate surface area is 120 Å². The van der Waals surface area contributed by atoms with Crippen molar-refractivity contribution >= 4 is 27.5 Å². The average Bonchev–Trinajstić information content (AvgIpc) is 2.38. The number of alkyl halides is 1. The van der Waals surface area contributed by atoms with Crippen molar-refractivity contribution in [1.82, 2.24) is 0 Å². The van der Waals surface area contributed by atoms with Crippen LogP contribution in [-0.4, -0.2) is 5.33 Å². The van der Waals surface area contributed by atoms with Crippen LogP contribution in [0.4, 0.5) is 4.39 Å². The molecule has 2 aromatic carbocycles. The van der Waals surface area contributed by atoms with E-state index in [0.717, 1.165) is 27.9 Å². The summed E-state index contributed by atoms with van der Waals surface area (Å²) in [5, 5.41) is 1.54. The van der Waals surface area contributed by atoms with Gasteiger partial charge in [0.2, 0.25) is 0 Å². The third-order valence-corrected chi connectivity index (χ3v) is 4.08. The number of hydrogen-bond donors (Lipinski definition) is 0. The predicted octanol–water partition coefficient (Wildman–Crippen LogP) is 5.20. The van der Waals surface area contributed by atoms with Crippen LogP contribution >= 0.6 is 27.5 Å². The molecule has 0 saturated carbocycles. The Morgan fingerprint density at radius 3 is 2.56 bits per heavy atom. The van der Waals surface area contributed by atoms with E-state index >= 15 is 0 Å². The zero-order valence-electron chi connectivity index (χ0n) is 9.74. The highest BCUT2D eigenvalue weighted by atomic mass is 79.9. The molecular formula is C15H13BrClF. The fourth-order valence-corrected chi connectivity index (χ4v) is 2.77. The molecule has 0 aliphatic rings. The molecule has 2 rings (SSSR count). The molecule has 2 aromatic rings. The molecular weight excluding hydrogens is 315 g/mol. The maximum atomic E-state index is 13.2. The van der Waals surface area contributed by atoms with E-state index in [9.17, 15) is 4.39 Å². The van der Waals surface area contributed by atoms with Crippen molar-refractivity contribution in [2.45, 2.75) is 12.3 Å². The molecule has 0 spiro atoms. The third-order valence-electron chi connectivity index (χ3n) is 2.93. The van der Waals surface area contributed by atoms with Crippen LogP contribution < -0.4 is 0 Å². The van der Waals surface area contributed by atoms with E-state index in [-0.39, 0.29) is 11.7 Å². The van der Waals surface area contributed by atoms with Gasteiger partial charge in [-0.2, -0.15) is 0 Å². The smallest absolute Gasteiger partial charge is 0.123 e. The maximum Gasteiger partial charge on any atom is 0.123 e. The van der Waals surface area contributed by atoms with Gasteiger partial charge in [0.25, 0.3) is 0 Å². The molecule has 94 valence electrons. The Kier molecular flexibility index (Phi) is 4.79. The summed E-state index contributed by atoms with van der Waals surface area (Å²) in [6.07, 6.45) is 0.800. The van der Waals surface area contributed by atoms with E-state index in [2.05, 4.69) is 15.9 Å². The highest BCUT2D eigenvalue weighted by Gasteiger charge is 2.13. The first kappa shape index (κ1) is 13.6. The number of halogens is 3. The fraction of sp³-hybridized carbons (Fsp3) is 0.200. The van der Waals surface area contributed by atoms with Gasteiger partial charge >= 0.3 is 0 Å². The molecule has 0 aromatic heterocycles. The van der Waals surface area contributed by atoms with Gasteiger partial charge in [-0.05, 0) is 41.7 Å². The monoisotopic (exact) mass is 326 g/mol. The summed E-state index contributed by atoms with van der Waals surface area (Å²) in [6.45, 7) is 0. The second-order valence-corrected chi connectivity index (χ2v) is 5.26. The molecule has 0 heterocycles. The first-order valence-electron chi connectivity index (χ1n) is 5.75. The Morgan fingerprint density at radius 2 is 1.89 bits per heavy atom. The number of benzene rings is 2. The molecule has 0 aliphatic heterocycles. The van der Waals surface area contributed by atoms with Crippen molar-refractivity contribution < 1.29 is 4.39 Å². The maximum absolute atomic E-state index is 13.2. The van der Waals surface area contributed by atoms with Crippen LogP contribution in [0.3, 0.4) is 0 Å².